The number of aromatic nitrogens is 3. The Bertz CT molecular complexity index is 387. The van der Waals surface area contributed by atoms with Crippen LogP contribution in [-0.2, 0) is 0 Å². The number of nitrogen functional groups attached to an aromatic ring is 1. The highest BCUT2D eigenvalue weighted by Gasteiger charge is 2.12. The number of anilines is 2. The van der Waals surface area contributed by atoms with E-state index in [4.69, 9.17) is 10.9 Å². The smallest absolute Gasteiger partial charge is 0.242 e. The van der Waals surface area contributed by atoms with Crippen LogP contribution in [0.3, 0.4) is 0 Å². The minimum atomic E-state index is 0.156. The zero-order valence-electron chi connectivity index (χ0n) is 11.6. The molecule has 0 bridgehead atoms. The summed E-state index contributed by atoms with van der Waals surface area (Å²) < 4.78 is 0. The van der Waals surface area contributed by atoms with Crippen LogP contribution in [0.2, 0.25) is 0 Å². The molecular weight excluding hydrogens is 264 g/mol. The van der Waals surface area contributed by atoms with E-state index in [2.05, 4.69) is 20.4 Å². The molecule has 1 atom stereocenters. The molecule has 1 unspecified atom stereocenters. The van der Waals surface area contributed by atoms with Gasteiger partial charge in [0.2, 0.25) is 11.9 Å². The van der Waals surface area contributed by atoms with Crippen LogP contribution in [-0.4, -0.2) is 45.5 Å². The van der Waals surface area contributed by atoms with E-state index in [9.17, 15) is 0 Å². The summed E-state index contributed by atoms with van der Waals surface area (Å²) in [7, 11) is 0. The van der Waals surface area contributed by atoms with Crippen LogP contribution in [0.1, 0.15) is 20.8 Å². The predicted octanol–water partition coefficient (Wildman–Crippen LogP) is 0.724. The average Bonchev–Trinajstić information content (AvgIpc) is 2.45. The molecule has 1 rings (SSSR count). The number of hydrogen-bond acceptors (Lipinski definition) is 8. The topological polar surface area (TPSA) is 100 Å². The molecular formula is C11H22N6OS. The molecule has 1 aromatic rings. The number of aliphatic hydroxyl groups is 1. The molecule has 0 aliphatic heterocycles. The lowest BCUT2D eigenvalue weighted by molar-refractivity contribution is 0.250. The summed E-state index contributed by atoms with van der Waals surface area (Å²) in [5, 5.41) is 9.64. The summed E-state index contributed by atoms with van der Waals surface area (Å²) in [6, 6.07) is 0. The Hall–Kier alpha value is -1.12. The van der Waals surface area contributed by atoms with Gasteiger partial charge in [-0.1, -0.05) is 18.7 Å². The number of aliphatic hydroxyl groups excluding tert-OH is 1. The van der Waals surface area contributed by atoms with Gasteiger partial charge in [0, 0.05) is 25.4 Å². The van der Waals surface area contributed by atoms with Crippen LogP contribution >= 0.6 is 11.8 Å². The molecule has 0 saturated heterocycles. The Kier molecular flexibility index (Phi) is 6.82. The molecule has 7 nitrogen and oxygen atoms in total. The van der Waals surface area contributed by atoms with Crippen molar-refractivity contribution in [1.29, 1.82) is 0 Å². The lowest BCUT2D eigenvalue weighted by Gasteiger charge is -2.19. The largest absolute Gasteiger partial charge is 0.396 e. The van der Waals surface area contributed by atoms with Gasteiger partial charge in [0.15, 0.2) is 5.16 Å². The first-order valence-electron chi connectivity index (χ1n) is 6.35. The monoisotopic (exact) mass is 286 g/mol. The molecule has 8 heteroatoms. The van der Waals surface area contributed by atoms with Crippen molar-refractivity contribution in [3.05, 3.63) is 0 Å². The third-order valence-corrected chi connectivity index (χ3v) is 3.76. The van der Waals surface area contributed by atoms with Gasteiger partial charge in [-0.3, -0.25) is 5.43 Å². The van der Waals surface area contributed by atoms with Gasteiger partial charge in [0.25, 0.3) is 0 Å². The number of rotatable bonds is 8. The van der Waals surface area contributed by atoms with E-state index in [0.29, 0.717) is 17.1 Å². The van der Waals surface area contributed by atoms with Crippen LogP contribution in [0.5, 0.6) is 0 Å². The molecule has 4 N–H and O–H groups in total. The minimum absolute atomic E-state index is 0.156. The van der Waals surface area contributed by atoms with Crippen molar-refractivity contribution in [3.8, 4) is 0 Å². The van der Waals surface area contributed by atoms with Crippen molar-refractivity contribution in [1.82, 2.24) is 15.0 Å². The second-order valence-electron chi connectivity index (χ2n) is 4.16. The first-order valence-corrected chi connectivity index (χ1v) is 7.34. The Morgan fingerprint density at radius 2 is 2.00 bits per heavy atom. The van der Waals surface area contributed by atoms with Gasteiger partial charge < -0.3 is 10.0 Å². The summed E-state index contributed by atoms with van der Waals surface area (Å²) in [4.78, 5) is 14.9. The molecule has 108 valence electrons. The Morgan fingerprint density at radius 1 is 1.32 bits per heavy atom. The molecule has 0 aliphatic rings. The van der Waals surface area contributed by atoms with E-state index in [-0.39, 0.29) is 12.5 Å². The number of nitrogens with two attached hydrogens (primary N) is 1. The van der Waals surface area contributed by atoms with Crippen LogP contribution in [0.15, 0.2) is 5.16 Å². The number of hydrazine groups is 1. The maximum atomic E-state index is 9.03. The molecule has 1 aromatic heterocycles. The van der Waals surface area contributed by atoms with E-state index in [1.165, 1.54) is 11.8 Å². The highest BCUT2D eigenvalue weighted by atomic mass is 32.2. The molecule has 0 saturated carbocycles. The molecule has 0 aromatic carbocycles. The molecule has 0 aliphatic carbocycles. The number of nitrogens with zero attached hydrogens (tertiary/aromatic N) is 4. The zero-order valence-corrected chi connectivity index (χ0v) is 12.4. The molecule has 0 radical (unpaired) electrons. The summed E-state index contributed by atoms with van der Waals surface area (Å²) in [5.74, 6) is 7.31. The second-order valence-corrected chi connectivity index (χ2v) is 5.14. The maximum Gasteiger partial charge on any atom is 0.242 e. The van der Waals surface area contributed by atoms with Gasteiger partial charge in [0.1, 0.15) is 0 Å². The van der Waals surface area contributed by atoms with Crippen molar-refractivity contribution in [2.45, 2.75) is 25.9 Å². The van der Waals surface area contributed by atoms with Crippen LogP contribution < -0.4 is 16.2 Å². The standard InChI is InChI=1S/C11H22N6OS/c1-4-17(5-2)10-13-9(16-12)14-11(15-10)19-7-8(3)6-18/h8,18H,4-7,12H2,1-3H3,(H,13,14,15,16). The van der Waals surface area contributed by atoms with Crippen molar-refractivity contribution in [3.63, 3.8) is 0 Å². The molecule has 0 spiro atoms. The van der Waals surface area contributed by atoms with Crippen molar-refractivity contribution < 1.29 is 5.11 Å². The fraction of sp³-hybridized carbons (Fsp3) is 0.727. The molecule has 0 amide bonds. The average molecular weight is 286 g/mol. The van der Waals surface area contributed by atoms with E-state index in [0.717, 1.165) is 18.8 Å². The van der Waals surface area contributed by atoms with E-state index in [1.807, 2.05) is 25.7 Å². The van der Waals surface area contributed by atoms with Crippen LogP contribution in [0, 0.1) is 5.92 Å². The number of hydrogen-bond donors (Lipinski definition) is 3. The minimum Gasteiger partial charge on any atom is -0.396 e. The first kappa shape index (κ1) is 15.9. The van der Waals surface area contributed by atoms with E-state index >= 15 is 0 Å². The van der Waals surface area contributed by atoms with Crippen LogP contribution in [0.25, 0.3) is 0 Å². The lowest BCUT2D eigenvalue weighted by Crippen LogP contribution is -2.25. The van der Waals surface area contributed by atoms with E-state index < -0.39 is 0 Å². The lowest BCUT2D eigenvalue weighted by atomic mass is 10.2. The Morgan fingerprint density at radius 3 is 2.53 bits per heavy atom. The summed E-state index contributed by atoms with van der Waals surface area (Å²) in [6.07, 6.45) is 0. The fourth-order valence-electron chi connectivity index (χ4n) is 1.39. The quantitative estimate of drug-likeness (QED) is 0.365. The zero-order chi connectivity index (χ0) is 14.3. The van der Waals surface area contributed by atoms with Crippen LogP contribution in [0.4, 0.5) is 11.9 Å². The summed E-state index contributed by atoms with van der Waals surface area (Å²) in [5.41, 5.74) is 2.46. The number of thioether (sulfide) groups is 1. The van der Waals surface area contributed by atoms with Crippen molar-refractivity contribution in [2.24, 2.45) is 11.8 Å². The normalized spacial score (nSPS) is 12.3. The third kappa shape index (κ3) is 4.81. The molecule has 0 fully saturated rings. The molecule has 1 heterocycles. The third-order valence-electron chi connectivity index (χ3n) is 2.59. The van der Waals surface area contributed by atoms with Gasteiger partial charge in [-0.15, -0.1) is 0 Å². The molecule has 19 heavy (non-hydrogen) atoms. The maximum absolute atomic E-state index is 9.03. The summed E-state index contributed by atoms with van der Waals surface area (Å²) in [6.45, 7) is 7.86. The van der Waals surface area contributed by atoms with Gasteiger partial charge in [-0.25, -0.2) is 5.84 Å². The summed E-state index contributed by atoms with van der Waals surface area (Å²) >= 11 is 1.49. The van der Waals surface area contributed by atoms with Crippen molar-refractivity contribution >= 4 is 23.7 Å². The van der Waals surface area contributed by atoms with Crippen molar-refractivity contribution in [2.75, 3.05) is 35.8 Å². The highest BCUT2D eigenvalue weighted by Crippen LogP contribution is 2.20. The number of nitrogens with one attached hydrogen (secondary N) is 1. The SMILES string of the molecule is CCN(CC)c1nc(NN)nc(SCC(C)CO)n1. The van der Waals surface area contributed by atoms with Gasteiger partial charge in [0.05, 0.1) is 0 Å². The first-order chi connectivity index (χ1) is 9.14. The van der Waals surface area contributed by atoms with Gasteiger partial charge in [-0.05, 0) is 19.8 Å². The fourth-order valence-corrected chi connectivity index (χ4v) is 2.23. The predicted molar refractivity (Wildman–Crippen MR) is 78.2 cm³/mol. The van der Waals surface area contributed by atoms with E-state index in [1.54, 1.807) is 0 Å². The van der Waals surface area contributed by atoms with Gasteiger partial charge in [-0.2, -0.15) is 15.0 Å². The van der Waals surface area contributed by atoms with Gasteiger partial charge >= 0.3 is 0 Å². The second kappa shape index (κ2) is 8.13. The highest BCUT2D eigenvalue weighted by molar-refractivity contribution is 7.99. The Balaban J connectivity index is 2.88. The Labute approximate surface area is 118 Å².